The van der Waals surface area contributed by atoms with E-state index in [1.807, 2.05) is 24.3 Å². The lowest BCUT2D eigenvalue weighted by atomic mass is 9.98. The Morgan fingerprint density at radius 1 is 1.04 bits per heavy atom. The average molecular weight is 423 g/mol. The second-order valence-electron chi connectivity index (χ2n) is 6.37. The number of benzene rings is 2. The predicted octanol–water partition coefficient (Wildman–Crippen LogP) is 2.97. The lowest BCUT2D eigenvalue weighted by molar-refractivity contribution is 0.596. The smallest absolute Gasteiger partial charge is 0.195 e. The summed E-state index contributed by atoms with van der Waals surface area (Å²) >= 11 is 0. The van der Waals surface area contributed by atoms with Gasteiger partial charge in [-0.25, -0.2) is 8.42 Å². The monoisotopic (exact) mass is 422 g/mol. The van der Waals surface area contributed by atoms with Gasteiger partial charge in [-0.15, -0.1) is 12.4 Å². The third-order valence-corrected chi connectivity index (χ3v) is 6.29. The molecule has 0 spiro atoms. The van der Waals surface area contributed by atoms with E-state index >= 15 is 0 Å². The van der Waals surface area contributed by atoms with E-state index in [2.05, 4.69) is 40.0 Å². The van der Waals surface area contributed by atoms with Crippen molar-refractivity contribution in [3.05, 3.63) is 59.7 Å². The highest BCUT2D eigenvalue weighted by Crippen LogP contribution is 2.25. The van der Waals surface area contributed by atoms with E-state index in [0.717, 1.165) is 42.4 Å². The molecule has 1 atom stereocenters. The van der Waals surface area contributed by atoms with Gasteiger partial charge in [0.2, 0.25) is 0 Å². The minimum Gasteiger partial charge on any atom is -0.354 e. The summed E-state index contributed by atoms with van der Waals surface area (Å²) in [5, 5.41) is 9.92. The van der Waals surface area contributed by atoms with Crippen LogP contribution in [0.5, 0.6) is 0 Å². The van der Waals surface area contributed by atoms with Crippen LogP contribution in [0, 0.1) is 0 Å². The molecule has 1 aliphatic heterocycles. The highest BCUT2D eigenvalue weighted by atomic mass is 35.5. The van der Waals surface area contributed by atoms with E-state index in [9.17, 15) is 8.42 Å². The summed E-state index contributed by atoms with van der Waals surface area (Å²) in [6.45, 7) is 6.19. The van der Waals surface area contributed by atoms with Gasteiger partial charge in [0.05, 0.1) is 23.2 Å². The number of sulfone groups is 1. The zero-order valence-corrected chi connectivity index (χ0v) is 17.7. The fourth-order valence-electron chi connectivity index (χ4n) is 3.04. The Morgan fingerprint density at radius 2 is 1.64 bits per heavy atom. The molecule has 0 aliphatic carbocycles. The first-order valence-corrected chi connectivity index (χ1v) is 10.9. The second-order valence-corrected chi connectivity index (χ2v) is 8.65. The van der Waals surface area contributed by atoms with Crippen molar-refractivity contribution in [1.82, 2.24) is 10.6 Å². The van der Waals surface area contributed by atoms with Crippen LogP contribution in [0.25, 0.3) is 0 Å². The molecule has 2 aromatic rings. The van der Waals surface area contributed by atoms with Crippen molar-refractivity contribution in [2.75, 3.05) is 30.7 Å². The van der Waals surface area contributed by atoms with Gasteiger partial charge in [-0.05, 0) is 41.9 Å². The standard InChI is InChI=1S/C20H26N4O2S.ClH/c1-3-21-19(16-7-11-18(12-8-16)27(25,26)4-2)15-5-9-17(10-6-15)24-20-22-13-14-23-20;/h5-12,19,21H,3-4,13-14H2,1-2H3,(H2,22,23,24);1H. The summed E-state index contributed by atoms with van der Waals surface area (Å²) in [5.74, 6) is 0.913. The Hall–Kier alpha value is -2.09. The summed E-state index contributed by atoms with van der Waals surface area (Å²) in [5.41, 5.74) is 3.14. The SMILES string of the molecule is CCNC(c1ccc(NC2=NCCN2)cc1)c1ccc(S(=O)(=O)CC)cc1.Cl. The fourth-order valence-corrected chi connectivity index (χ4v) is 3.93. The molecule has 3 N–H and O–H groups in total. The molecule has 0 aromatic heterocycles. The molecule has 0 saturated carbocycles. The third kappa shape index (κ3) is 5.25. The molecule has 1 unspecified atom stereocenters. The van der Waals surface area contributed by atoms with Crippen LogP contribution in [0.2, 0.25) is 0 Å². The number of hydrogen-bond acceptors (Lipinski definition) is 6. The number of anilines is 1. The molecule has 3 rings (SSSR count). The first kappa shape index (κ1) is 22.2. The highest BCUT2D eigenvalue weighted by molar-refractivity contribution is 7.91. The summed E-state index contributed by atoms with van der Waals surface area (Å²) in [6, 6.07) is 15.4. The molecule has 28 heavy (non-hydrogen) atoms. The first-order valence-electron chi connectivity index (χ1n) is 9.25. The Bertz CT molecular complexity index is 897. The summed E-state index contributed by atoms with van der Waals surface area (Å²) in [6.07, 6.45) is 0. The van der Waals surface area contributed by atoms with Gasteiger partial charge < -0.3 is 16.0 Å². The van der Waals surface area contributed by atoms with Crippen molar-refractivity contribution >= 4 is 33.9 Å². The van der Waals surface area contributed by atoms with Crippen LogP contribution in [-0.4, -0.2) is 39.8 Å². The van der Waals surface area contributed by atoms with Crippen molar-refractivity contribution in [3.8, 4) is 0 Å². The largest absolute Gasteiger partial charge is 0.354 e. The van der Waals surface area contributed by atoms with Crippen LogP contribution in [0.1, 0.15) is 31.0 Å². The van der Waals surface area contributed by atoms with E-state index in [1.165, 1.54) is 0 Å². The second kappa shape index (κ2) is 9.91. The van der Waals surface area contributed by atoms with Gasteiger partial charge >= 0.3 is 0 Å². The zero-order valence-electron chi connectivity index (χ0n) is 16.1. The highest BCUT2D eigenvalue weighted by Gasteiger charge is 2.16. The van der Waals surface area contributed by atoms with E-state index in [4.69, 9.17) is 0 Å². The van der Waals surface area contributed by atoms with E-state index in [0.29, 0.717) is 4.90 Å². The quantitative estimate of drug-likeness (QED) is 0.639. The van der Waals surface area contributed by atoms with Gasteiger partial charge in [-0.1, -0.05) is 38.1 Å². The number of aliphatic imine (C=N–C) groups is 1. The molecular weight excluding hydrogens is 396 g/mol. The van der Waals surface area contributed by atoms with E-state index in [1.54, 1.807) is 19.1 Å². The first-order chi connectivity index (χ1) is 13.0. The van der Waals surface area contributed by atoms with Crippen LogP contribution in [0.15, 0.2) is 58.4 Å². The Balaban J connectivity index is 0.00000280. The van der Waals surface area contributed by atoms with Crippen LogP contribution < -0.4 is 16.0 Å². The average Bonchev–Trinajstić information content (AvgIpc) is 3.20. The molecular formula is C20H27ClN4O2S. The topological polar surface area (TPSA) is 82.6 Å². The van der Waals surface area contributed by atoms with Crippen molar-refractivity contribution in [3.63, 3.8) is 0 Å². The minimum atomic E-state index is -3.18. The predicted molar refractivity (Wildman–Crippen MR) is 117 cm³/mol. The maximum atomic E-state index is 12.0. The Labute approximate surface area is 173 Å². The van der Waals surface area contributed by atoms with E-state index < -0.39 is 9.84 Å². The van der Waals surface area contributed by atoms with Gasteiger partial charge in [-0.3, -0.25) is 4.99 Å². The third-order valence-electron chi connectivity index (χ3n) is 4.54. The maximum absolute atomic E-state index is 12.0. The number of rotatable bonds is 7. The Morgan fingerprint density at radius 3 is 2.14 bits per heavy atom. The number of guanidine groups is 1. The molecule has 1 aliphatic rings. The Kier molecular flexibility index (Phi) is 7.86. The van der Waals surface area contributed by atoms with Crippen LogP contribution in [-0.2, 0) is 9.84 Å². The van der Waals surface area contributed by atoms with Crippen molar-refractivity contribution < 1.29 is 8.42 Å². The molecule has 1 heterocycles. The van der Waals surface area contributed by atoms with Crippen molar-refractivity contribution in [1.29, 1.82) is 0 Å². The van der Waals surface area contributed by atoms with Gasteiger partial charge in [0.15, 0.2) is 15.8 Å². The van der Waals surface area contributed by atoms with Crippen LogP contribution in [0.4, 0.5) is 5.69 Å². The number of hydrogen-bond donors (Lipinski definition) is 3. The molecule has 0 amide bonds. The van der Waals surface area contributed by atoms with Gasteiger partial charge in [0, 0.05) is 12.2 Å². The molecule has 8 heteroatoms. The maximum Gasteiger partial charge on any atom is 0.195 e. The summed E-state index contributed by atoms with van der Waals surface area (Å²) < 4.78 is 24.0. The lowest BCUT2D eigenvalue weighted by Crippen LogP contribution is -2.26. The van der Waals surface area contributed by atoms with Crippen molar-refractivity contribution in [2.45, 2.75) is 24.8 Å². The minimum absolute atomic E-state index is 0. The molecule has 2 aromatic carbocycles. The molecule has 0 radical (unpaired) electrons. The fraction of sp³-hybridized carbons (Fsp3) is 0.350. The normalized spacial score (nSPS) is 14.6. The van der Waals surface area contributed by atoms with Gasteiger partial charge in [0.25, 0.3) is 0 Å². The van der Waals surface area contributed by atoms with Gasteiger partial charge in [-0.2, -0.15) is 0 Å². The van der Waals surface area contributed by atoms with Crippen molar-refractivity contribution in [2.24, 2.45) is 4.99 Å². The zero-order chi connectivity index (χ0) is 19.3. The summed E-state index contributed by atoms with van der Waals surface area (Å²) in [4.78, 5) is 4.70. The molecule has 152 valence electrons. The molecule has 0 bridgehead atoms. The lowest BCUT2D eigenvalue weighted by Gasteiger charge is -2.20. The molecule has 0 saturated heterocycles. The van der Waals surface area contributed by atoms with Gasteiger partial charge in [0.1, 0.15) is 0 Å². The van der Waals surface area contributed by atoms with Crippen LogP contribution in [0.3, 0.4) is 0 Å². The number of nitrogens with zero attached hydrogens (tertiary/aromatic N) is 1. The number of nitrogens with one attached hydrogen (secondary N) is 3. The molecule has 0 fully saturated rings. The van der Waals surface area contributed by atoms with Crippen LogP contribution >= 0.6 is 12.4 Å². The van der Waals surface area contributed by atoms with E-state index in [-0.39, 0.29) is 24.2 Å². The summed E-state index contributed by atoms with van der Waals surface area (Å²) in [7, 11) is -3.18. The molecule has 6 nitrogen and oxygen atoms in total. The number of halogens is 1.